The van der Waals surface area contributed by atoms with Crippen LogP contribution >= 0.6 is 0 Å². The summed E-state index contributed by atoms with van der Waals surface area (Å²) in [6.07, 6.45) is 3.79. The average molecular weight is 260 g/mol. The molecule has 1 saturated heterocycles. The van der Waals surface area contributed by atoms with Gasteiger partial charge < -0.3 is 5.73 Å². The maximum absolute atomic E-state index is 6.05. The molecule has 2 nitrogen and oxygen atoms in total. The maximum Gasteiger partial charge on any atom is 0.0391 e. The number of benzene rings is 1. The third-order valence-electron chi connectivity index (χ3n) is 4.64. The molecule has 2 atom stereocenters. The molecule has 2 N–H and O–H groups in total. The molecule has 0 saturated carbocycles. The summed E-state index contributed by atoms with van der Waals surface area (Å²) < 4.78 is 0. The molecule has 0 radical (unpaired) electrons. The van der Waals surface area contributed by atoms with Crippen LogP contribution in [0.2, 0.25) is 0 Å². The summed E-state index contributed by atoms with van der Waals surface area (Å²) in [4.78, 5) is 2.66. The lowest BCUT2D eigenvalue weighted by molar-refractivity contribution is 0.0955. The SMILES string of the molecule is CCCN1CCCC(CN)C1c1cccc(C)c1C. The van der Waals surface area contributed by atoms with E-state index < -0.39 is 0 Å². The lowest BCUT2D eigenvalue weighted by Crippen LogP contribution is -2.42. The van der Waals surface area contributed by atoms with Crippen LogP contribution in [0.5, 0.6) is 0 Å². The quantitative estimate of drug-likeness (QED) is 0.898. The number of aryl methyl sites for hydroxylation is 1. The third kappa shape index (κ3) is 3.01. The van der Waals surface area contributed by atoms with Crippen LogP contribution in [0.1, 0.15) is 48.9 Å². The zero-order valence-corrected chi connectivity index (χ0v) is 12.7. The Morgan fingerprint density at radius 3 is 2.79 bits per heavy atom. The summed E-state index contributed by atoms with van der Waals surface area (Å²) in [6.45, 7) is 9.96. The smallest absolute Gasteiger partial charge is 0.0391 e. The van der Waals surface area contributed by atoms with Crippen LogP contribution in [-0.4, -0.2) is 24.5 Å². The summed E-state index contributed by atoms with van der Waals surface area (Å²) in [7, 11) is 0. The van der Waals surface area contributed by atoms with Crippen molar-refractivity contribution >= 4 is 0 Å². The fraction of sp³-hybridized carbons (Fsp3) is 0.647. The maximum atomic E-state index is 6.05. The van der Waals surface area contributed by atoms with Crippen molar-refractivity contribution in [3.05, 3.63) is 34.9 Å². The summed E-state index contributed by atoms with van der Waals surface area (Å²) >= 11 is 0. The van der Waals surface area contributed by atoms with Crippen molar-refractivity contribution in [3.63, 3.8) is 0 Å². The van der Waals surface area contributed by atoms with Gasteiger partial charge in [0.05, 0.1) is 0 Å². The van der Waals surface area contributed by atoms with Gasteiger partial charge in [-0.1, -0.05) is 25.1 Å². The van der Waals surface area contributed by atoms with Gasteiger partial charge in [-0.05, 0) is 75.4 Å². The van der Waals surface area contributed by atoms with Gasteiger partial charge in [0.25, 0.3) is 0 Å². The van der Waals surface area contributed by atoms with Gasteiger partial charge in [-0.25, -0.2) is 0 Å². The van der Waals surface area contributed by atoms with E-state index in [1.54, 1.807) is 0 Å². The molecule has 1 aliphatic rings. The standard InChI is InChI=1S/C17H28N2/c1-4-10-19-11-6-8-15(12-18)17(19)16-9-5-7-13(2)14(16)3/h5,7,9,15,17H,4,6,8,10-12,18H2,1-3H3. The predicted octanol–water partition coefficient (Wildman–Crippen LogP) is 3.43. The van der Waals surface area contributed by atoms with Crippen LogP contribution in [0, 0.1) is 19.8 Å². The first-order valence-electron chi connectivity index (χ1n) is 7.69. The number of hydrogen-bond donors (Lipinski definition) is 1. The van der Waals surface area contributed by atoms with Crippen LogP contribution in [0.3, 0.4) is 0 Å². The molecule has 1 aromatic rings. The normalized spacial score (nSPS) is 24.6. The first-order chi connectivity index (χ1) is 9.19. The molecule has 1 aromatic carbocycles. The molecule has 0 bridgehead atoms. The van der Waals surface area contributed by atoms with E-state index in [9.17, 15) is 0 Å². The molecule has 0 spiro atoms. The Hall–Kier alpha value is -0.860. The molecule has 1 aliphatic heterocycles. The molecular formula is C17H28N2. The van der Waals surface area contributed by atoms with Gasteiger partial charge in [0.1, 0.15) is 0 Å². The topological polar surface area (TPSA) is 29.3 Å². The van der Waals surface area contributed by atoms with Gasteiger partial charge in [-0.15, -0.1) is 0 Å². The lowest BCUT2D eigenvalue weighted by atomic mass is 9.82. The van der Waals surface area contributed by atoms with Crippen molar-refractivity contribution in [2.24, 2.45) is 11.7 Å². The van der Waals surface area contributed by atoms with Crippen LogP contribution in [0.25, 0.3) is 0 Å². The zero-order valence-electron chi connectivity index (χ0n) is 12.7. The zero-order chi connectivity index (χ0) is 13.8. The summed E-state index contributed by atoms with van der Waals surface area (Å²) in [5, 5.41) is 0. The molecule has 0 aliphatic carbocycles. The molecule has 2 heteroatoms. The minimum Gasteiger partial charge on any atom is -0.330 e. The second-order valence-corrected chi connectivity index (χ2v) is 5.91. The fourth-order valence-electron chi connectivity index (χ4n) is 3.48. The Morgan fingerprint density at radius 2 is 2.11 bits per heavy atom. The van der Waals surface area contributed by atoms with Crippen LogP contribution in [-0.2, 0) is 0 Å². The highest BCUT2D eigenvalue weighted by molar-refractivity contribution is 5.36. The highest BCUT2D eigenvalue weighted by Crippen LogP contribution is 2.37. The highest BCUT2D eigenvalue weighted by Gasteiger charge is 2.32. The number of rotatable bonds is 4. The van der Waals surface area contributed by atoms with Crippen molar-refractivity contribution in [1.82, 2.24) is 4.90 Å². The van der Waals surface area contributed by atoms with Crippen LogP contribution in [0.15, 0.2) is 18.2 Å². The fourth-order valence-corrected chi connectivity index (χ4v) is 3.48. The van der Waals surface area contributed by atoms with Gasteiger partial charge in [0.15, 0.2) is 0 Å². The molecule has 19 heavy (non-hydrogen) atoms. The molecule has 1 fully saturated rings. The first kappa shape index (κ1) is 14.5. The van der Waals surface area contributed by atoms with Gasteiger partial charge in [-0.2, -0.15) is 0 Å². The van der Waals surface area contributed by atoms with E-state index in [0.717, 1.165) is 6.54 Å². The Morgan fingerprint density at radius 1 is 1.32 bits per heavy atom. The van der Waals surface area contributed by atoms with Crippen molar-refractivity contribution in [1.29, 1.82) is 0 Å². The van der Waals surface area contributed by atoms with E-state index in [1.807, 2.05) is 0 Å². The van der Waals surface area contributed by atoms with Gasteiger partial charge in [0, 0.05) is 6.04 Å². The summed E-state index contributed by atoms with van der Waals surface area (Å²) in [6, 6.07) is 7.25. The van der Waals surface area contributed by atoms with Crippen molar-refractivity contribution < 1.29 is 0 Å². The lowest BCUT2D eigenvalue weighted by Gasteiger charge is -2.42. The Bertz CT molecular complexity index is 412. The Labute approximate surface area is 118 Å². The van der Waals surface area contributed by atoms with E-state index in [-0.39, 0.29) is 0 Å². The van der Waals surface area contributed by atoms with Crippen molar-refractivity contribution in [2.75, 3.05) is 19.6 Å². The third-order valence-corrected chi connectivity index (χ3v) is 4.64. The number of nitrogens with zero attached hydrogens (tertiary/aromatic N) is 1. The van der Waals surface area contributed by atoms with E-state index in [4.69, 9.17) is 5.73 Å². The van der Waals surface area contributed by atoms with Crippen LogP contribution < -0.4 is 5.73 Å². The van der Waals surface area contributed by atoms with E-state index in [2.05, 4.69) is 43.9 Å². The molecule has 0 aromatic heterocycles. The predicted molar refractivity (Wildman–Crippen MR) is 82.3 cm³/mol. The second kappa shape index (κ2) is 6.53. The molecule has 2 rings (SSSR count). The largest absolute Gasteiger partial charge is 0.330 e. The first-order valence-corrected chi connectivity index (χ1v) is 7.69. The van der Waals surface area contributed by atoms with E-state index >= 15 is 0 Å². The molecule has 106 valence electrons. The summed E-state index contributed by atoms with van der Waals surface area (Å²) in [5.74, 6) is 0.612. The van der Waals surface area contributed by atoms with Gasteiger partial charge in [-0.3, -0.25) is 4.90 Å². The highest BCUT2D eigenvalue weighted by atomic mass is 15.2. The van der Waals surface area contributed by atoms with E-state index in [0.29, 0.717) is 12.0 Å². The Kier molecular flexibility index (Phi) is 5.00. The Balaban J connectivity index is 2.36. The molecule has 0 amide bonds. The molecule has 2 unspecified atom stereocenters. The van der Waals surface area contributed by atoms with Gasteiger partial charge >= 0.3 is 0 Å². The average Bonchev–Trinajstić information content (AvgIpc) is 2.42. The van der Waals surface area contributed by atoms with Crippen molar-refractivity contribution in [2.45, 2.75) is 46.1 Å². The number of nitrogens with two attached hydrogens (primary N) is 1. The second-order valence-electron chi connectivity index (χ2n) is 5.91. The van der Waals surface area contributed by atoms with E-state index in [1.165, 1.54) is 49.0 Å². The monoisotopic (exact) mass is 260 g/mol. The van der Waals surface area contributed by atoms with Crippen molar-refractivity contribution in [3.8, 4) is 0 Å². The molecule has 1 heterocycles. The minimum atomic E-state index is 0.526. The summed E-state index contributed by atoms with van der Waals surface area (Å²) in [5.41, 5.74) is 10.4. The molecular weight excluding hydrogens is 232 g/mol. The number of likely N-dealkylation sites (tertiary alicyclic amines) is 1. The number of hydrogen-bond acceptors (Lipinski definition) is 2. The van der Waals surface area contributed by atoms with Crippen LogP contribution in [0.4, 0.5) is 0 Å². The minimum absolute atomic E-state index is 0.526. The number of piperidine rings is 1. The van der Waals surface area contributed by atoms with Gasteiger partial charge in [0.2, 0.25) is 0 Å².